The molecule has 2 rings (SSSR count). The Balaban J connectivity index is 1.92. The summed E-state index contributed by atoms with van der Waals surface area (Å²) in [5.74, 6) is 0.163. The lowest BCUT2D eigenvalue weighted by atomic mass is 9.83. The summed E-state index contributed by atoms with van der Waals surface area (Å²) in [6, 6.07) is 0.881. The summed E-state index contributed by atoms with van der Waals surface area (Å²) in [5.41, 5.74) is 0. The van der Waals surface area contributed by atoms with E-state index in [1.165, 1.54) is 38.5 Å². The molecule has 1 aliphatic heterocycles. The Morgan fingerprint density at radius 2 is 1.94 bits per heavy atom. The number of carbonyl (C=O) groups is 1. The zero-order valence-electron chi connectivity index (χ0n) is 10.9. The summed E-state index contributed by atoms with van der Waals surface area (Å²) in [4.78, 5) is 13.3. The Morgan fingerprint density at radius 3 is 2.59 bits per heavy atom. The van der Waals surface area contributed by atoms with Gasteiger partial charge in [-0.3, -0.25) is 9.69 Å². The van der Waals surface area contributed by atoms with Crippen molar-refractivity contribution in [2.24, 2.45) is 5.92 Å². The molecule has 0 aromatic rings. The van der Waals surface area contributed by atoms with Crippen LogP contribution in [0.5, 0.6) is 0 Å². The van der Waals surface area contributed by atoms with E-state index in [1.54, 1.807) is 0 Å². The van der Waals surface area contributed by atoms with Crippen molar-refractivity contribution in [3.05, 3.63) is 0 Å². The Bertz CT molecular complexity index is 261. The average molecular weight is 239 g/mol. The molecular weight excluding hydrogens is 214 g/mol. The van der Waals surface area contributed by atoms with Crippen molar-refractivity contribution in [3.63, 3.8) is 0 Å². The summed E-state index contributed by atoms with van der Waals surface area (Å²) in [5, 5.41) is 8.96. The van der Waals surface area contributed by atoms with Gasteiger partial charge in [0.25, 0.3) is 0 Å². The lowest BCUT2D eigenvalue weighted by Gasteiger charge is -2.37. The van der Waals surface area contributed by atoms with Crippen LogP contribution in [-0.4, -0.2) is 34.6 Å². The van der Waals surface area contributed by atoms with Crippen molar-refractivity contribution in [1.82, 2.24) is 4.90 Å². The van der Waals surface area contributed by atoms with E-state index < -0.39 is 5.97 Å². The highest BCUT2D eigenvalue weighted by Crippen LogP contribution is 2.33. The van der Waals surface area contributed by atoms with Crippen molar-refractivity contribution >= 4 is 5.97 Å². The van der Waals surface area contributed by atoms with Crippen molar-refractivity contribution in [2.75, 3.05) is 6.54 Å². The summed E-state index contributed by atoms with van der Waals surface area (Å²) in [7, 11) is 0. The third-order valence-electron chi connectivity index (χ3n) is 4.69. The van der Waals surface area contributed by atoms with Gasteiger partial charge in [-0.25, -0.2) is 0 Å². The van der Waals surface area contributed by atoms with Gasteiger partial charge in [-0.2, -0.15) is 0 Å². The highest BCUT2D eigenvalue weighted by atomic mass is 16.4. The molecule has 2 aliphatic rings. The van der Waals surface area contributed by atoms with Gasteiger partial charge >= 0.3 is 5.97 Å². The number of carboxylic acids is 1. The molecule has 0 radical (unpaired) electrons. The van der Waals surface area contributed by atoms with Crippen LogP contribution in [0.2, 0.25) is 0 Å². The second-order valence-electron chi connectivity index (χ2n) is 5.77. The lowest BCUT2D eigenvalue weighted by molar-refractivity contribution is -0.138. The van der Waals surface area contributed by atoms with E-state index in [1.807, 2.05) is 0 Å². The van der Waals surface area contributed by atoms with E-state index in [-0.39, 0.29) is 0 Å². The summed E-state index contributed by atoms with van der Waals surface area (Å²) in [6.45, 7) is 3.42. The largest absolute Gasteiger partial charge is 0.481 e. The predicted octanol–water partition coefficient (Wildman–Crippen LogP) is 2.89. The van der Waals surface area contributed by atoms with Crippen LogP contribution in [0.4, 0.5) is 0 Å². The molecular formula is C14H25NO2. The third kappa shape index (κ3) is 3.21. The fourth-order valence-corrected chi connectivity index (χ4v) is 3.70. The van der Waals surface area contributed by atoms with Gasteiger partial charge in [-0.15, -0.1) is 0 Å². The molecule has 1 saturated carbocycles. The normalized spacial score (nSPS) is 29.4. The molecule has 0 amide bonds. The standard InChI is InChI=1S/C14H25NO2/c1-11(12-6-3-2-4-7-12)15-9-5-8-13(15)10-14(16)17/h11-13H,2-10H2,1H3,(H,16,17). The molecule has 1 saturated heterocycles. The lowest BCUT2D eigenvalue weighted by Crippen LogP contribution is -2.43. The fourth-order valence-electron chi connectivity index (χ4n) is 3.70. The van der Waals surface area contributed by atoms with Crippen LogP contribution < -0.4 is 0 Å². The molecule has 0 aromatic carbocycles. The second kappa shape index (κ2) is 5.85. The third-order valence-corrected chi connectivity index (χ3v) is 4.69. The molecule has 2 fully saturated rings. The average Bonchev–Trinajstić information content (AvgIpc) is 2.76. The monoisotopic (exact) mass is 239 g/mol. The Morgan fingerprint density at radius 1 is 1.24 bits per heavy atom. The molecule has 98 valence electrons. The highest BCUT2D eigenvalue weighted by Gasteiger charge is 2.33. The number of likely N-dealkylation sites (tertiary alicyclic amines) is 1. The molecule has 17 heavy (non-hydrogen) atoms. The van der Waals surface area contributed by atoms with Crippen LogP contribution in [0.15, 0.2) is 0 Å². The van der Waals surface area contributed by atoms with Crippen LogP contribution in [0.25, 0.3) is 0 Å². The number of nitrogens with zero attached hydrogens (tertiary/aromatic N) is 1. The van der Waals surface area contributed by atoms with Gasteiger partial charge in [0.15, 0.2) is 0 Å². The van der Waals surface area contributed by atoms with Gasteiger partial charge in [0, 0.05) is 12.1 Å². The minimum absolute atomic E-state index is 0.296. The van der Waals surface area contributed by atoms with Crippen molar-refractivity contribution in [3.8, 4) is 0 Å². The van der Waals surface area contributed by atoms with E-state index in [0.717, 1.165) is 18.9 Å². The molecule has 2 unspecified atom stereocenters. The molecule has 3 nitrogen and oxygen atoms in total. The molecule has 1 heterocycles. The van der Waals surface area contributed by atoms with Crippen LogP contribution >= 0.6 is 0 Å². The molecule has 0 aromatic heterocycles. The van der Waals surface area contributed by atoms with Gasteiger partial charge in [0.2, 0.25) is 0 Å². The quantitative estimate of drug-likeness (QED) is 0.820. The first-order valence-electron chi connectivity index (χ1n) is 7.16. The van der Waals surface area contributed by atoms with Crippen molar-refractivity contribution < 1.29 is 9.90 Å². The smallest absolute Gasteiger partial charge is 0.304 e. The number of rotatable bonds is 4. The zero-order valence-corrected chi connectivity index (χ0v) is 10.9. The zero-order chi connectivity index (χ0) is 12.3. The van der Waals surface area contributed by atoms with Crippen LogP contribution in [0.1, 0.15) is 58.3 Å². The van der Waals surface area contributed by atoms with Crippen LogP contribution in [0, 0.1) is 5.92 Å². The van der Waals surface area contributed by atoms with Gasteiger partial charge in [0.05, 0.1) is 6.42 Å². The Hall–Kier alpha value is -0.570. The first-order chi connectivity index (χ1) is 8.18. The first kappa shape index (κ1) is 12.9. The number of hydrogen-bond donors (Lipinski definition) is 1. The van der Waals surface area contributed by atoms with E-state index in [2.05, 4.69) is 11.8 Å². The van der Waals surface area contributed by atoms with Gasteiger partial charge < -0.3 is 5.11 Å². The number of carboxylic acid groups (broad SMARTS) is 1. The van der Waals surface area contributed by atoms with E-state index in [4.69, 9.17) is 5.11 Å². The molecule has 2 atom stereocenters. The minimum atomic E-state index is -0.641. The highest BCUT2D eigenvalue weighted by molar-refractivity contribution is 5.67. The van der Waals surface area contributed by atoms with Gasteiger partial charge in [0.1, 0.15) is 0 Å². The van der Waals surface area contributed by atoms with E-state index >= 15 is 0 Å². The summed E-state index contributed by atoms with van der Waals surface area (Å²) >= 11 is 0. The summed E-state index contributed by atoms with van der Waals surface area (Å²) in [6.07, 6.45) is 9.39. The second-order valence-corrected chi connectivity index (χ2v) is 5.77. The topological polar surface area (TPSA) is 40.5 Å². The van der Waals surface area contributed by atoms with Gasteiger partial charge in [-0.1, -0.05) is 19.3 Å². The SMILES string of the molecule is CC(C1CCCCC1)N1CCCC1CC(=O)O. The molecule has 0 spiro atoms. The number of aliphatic carboxylic acids is 1. The molecule has 1 N–H and O–H groups in total. The van der Waals surface area contributed by atoms with E-state index in [0.29, 0.717) is 18.5 Å². The summed E-state index contributed by atoms with van der Waals surface area (Å²) < 4.78 is 0. The Kier molecular flexibility index (Phi) is 4.43. The molecule has 3 heteroatoms. The maximum absolute atomic E-state index is 10.9. The van der Waals surface area contributed by atoms with Crippen molar-refractivity contribution in [2.45, 2.75) is 70.4 Å². The minimum Gasteiger partial charge on any atom is -0.481 e. The fraction of sp³-hybridized carbons (Fsp3) is 0.929. The van der Waals surface area contributed by atoms with Crippen LogP contribution in [-0.2, 0) is 4.79 Å². The Labute approximate surface area is 104 Å². The number of hydrogen-bond acceptors (Lipinski definition) is 2. The van der Waals surface area contributed by atoms with Gasteiger partial charge in [-0.05, 0) is 45.1 Å². The molecule has 1 aliphatic carbocycles. The van der Waals surface area contributed by atoms with Crippen LogP contribution in [0.3, 0.4) is 0 Å². The van der Waals surface area contributed by atoms with E-state index in [9.17, 15) is 4.79 Å². The maximum Gasteiger partial charge on any atom is 0.304 e. The maximum atomic E-state index is 10.9. The van der Waals surface area contributed by atoms with Crippen molar-refractivity contribution in [1.29, 1.82) is 0 Å². The molecule has 0 bridgehead atoms. The first-order valence-corrected chi connectivity index (χ1v) is 7.16. The predicted molar refractivity (Wildman–Crippen MR) is 68.0 cm³/mol.